The van der Waals surface area contributed by atoms with Gasteiger partial charge in [-0.1, -0.05) is 45.8 Å². The zero-order valence-electron chi connectivity index (χ0n) is 27.1. The summed E-state index contributed by atoms with van der Waals surface area (Å²) in [4.78, 5) is 48.9. The molecule has 0 aromatic heterocycles. The first kappa shape index (κ1) is 33.7. The van der Waals surface area contributed by atoms with Crippen LogP contribution in [0.15, 0.2) is 49.6 Å². The second-order valence-electron chi connectivity index (χ2n) is 12.5. The van der Waals surface area contributed by atoms with Crippen molar-refractivity contribution >= 4 is 23.4 Å². The summed E-state index contributed by atoms with van der Waals surface area (Å²) < 4.78 is 12.3. The van der Waals surface area contributed by atoms with Crippen LogP contribution in [0, 0.1) is 17.8 Å². The molecule has 9 nitrogen and oxygen atoms in total. The van der Waals surface area contributed by atoms with Crippen LogP contribution in [0.4, 0.5) is 5.69 Å². The van der Waals surface area contributed by atoms with Crippen LogP contribution < -0.4 is 9.64 Å². The molecule has 3 unspecified atom stereocenters. The van der Waals surface area contributed by atoms with Crippen molar-refractivity contribution in [1.29, 1.82) is 0 Å². The molecule has 0 radical (unpaired) electrons. The van der Waals surface area contributed by atoms with Crippen molar-refractivity contribution in [1.82, 2.24) is 9.80 Å². The van der Waals surface area contributed by atoms with Gasteiger partial charge in [-0.25, -0.2) is 0 Å². The van der Waals surface area contributed by atoms with E-state index in [0.717, 1.165) is 12.8 Å². The van der Waals surface area contributed by atoms with E-state index >= 15 is 0 Å². The van der Waals surface area contributed by atoms with Crippen molar-refractivity contribution in [2.45, 2.75) is 96.6 Å². The third kappa shape index (κ3) is 5.81. The van der Waals surface area contributed by atoms with Crippen molar-refractivity contribution in [2.75, 3.05) is 31.2 Å². The lowest BCUT2D eigenvalue weighted by molar-refractivity contribution is -0.153. The average molecular weight is 610 g/mol. The molecule has 1 N–H and O–H groups in total. The second-order valence-corrected chi connectivity index (χ2v) is 12.5. The smallest absolute Gasteiger partial charge is 0.248 e. The molecule has 3 fully saturated rings. The summed E-state index contributed by atoms with van der Waals surface area (Å²) in [5.41, 5.74) is -0.479. The summed E-state index contributed by atoms with van der Waals surface area (Å²) in [7, 11) is 0. The monoisotopic (exact) mass is 609 g/mol. The average Bonchev–Trinajstić information content (AvgIpc) is 3.66. The Labute approximate surface area is 262 Å². The molecule has 242 valence electrons. The number of nitrogens with zero attached hydrogens (tertiary/aromatic N) is 3. The molecule has 1 aromatic carbocycles. The minimum absolute atomic E-state index is 0.0668. The maximum absolute atomic E-state index is 14.7. The van der Waals surface area contributed by atoms with Gasteiger partial charge >= 0.3 is 0 Å². The van der Waals surface area contributed by atoms with E-state index in [2.05, 4.69) is 20.1 Å². The minimum Gasteiger partial charge on any atom is -0.494 e. The van der Waals surface area contributed by atoms with Gasteiger partial charge in [0.1, 0.15) is 17.4 Å². The van der Waals surface area contributed by atoms with Gasteiger partial charge in [-0.15, -0.1) is 13.2 Å². The van der Waals surface area contributed by atoms with Crippen molar-refractivity contribution in [3.63, 3.8) is 0 Å². The molecule has 0 saturated carbocycles. The molecule has 3 saturated heterocycles. The second kappa shape index (κ2) is 14.3. The number of benzene rings is 1. The molecule has 8 atom stereocenters. The number of fused-ring (bicyclic) bond motifs is 1. The highest BCUT2D eigenvalue weighted by molar-refractivity contribution is 6.03. The quantitative estimate of drug-likeness (QED) is 0.275. The number of rotatable bonds is 16. The number of anilines is 1. The van der Waals surface area contributed by atoms with E-state index in [1.54, 1.807) is 26.9 Å². The topological polar surface area (TPSA) is 99.6 Å². The van der Waals surface area contributed by atoms with Gasteiger partial charge in [0.15, 0.2) is 0 Å². The third-order valence-electron chi connectivity index (χ3n) is 9.99. The number of aliphatic hydroxyl groups excluding tert-OH is 1. The van der Waals surface area contributed by atoms with E-state index in [4.69, 9.17) is 9.47 Å². The first-order chi connectivity index (χ1) is 21.1. The molecule has 3 heterocycles. The lowest BCUT2D eigenvalue weighted by atomic mass is 9.70. The van der Waals surface area contributed by atoms with E-state index in [1.165, 1.54) is 0 Å². The number of amides is 3. The lowest BCUT2D eigenvalue weighted by Crippen LogP contribution is -2.60. The first-order valence-corrected chi connectivity index (χ1v) is 16.3. The Morgan fingerprint density at radius 3 is 2.39 bits per heavy atom. The summed E-state index contributed by atoms with van der Waals surface area (Å²) in [6.07, 6.45) is 6.37. The number of carbonyl (C=O) groups is 3. The summed E-state index contributed by atoms with van der Waals surface area (Å²) >= 11 is 0. The van der Waals surface area contributed by atoms with E-state index in [-0.39, 0.29) is 42.8 Å². The van der Waals surface area contributed by atoms with Gasteiger partial charge in [0.05, 0.1) is 37.2 Å². The Balaban J connectivity index is 1.79. The van der Waals surface area contributed by atoms with Crippen LogP contribution in [0.5, 0.6) is 5.75 Å². The molecular weight excluding hydrogens is 558 g/mol. The van der Waals surface area contributed by atoms with E-state index in [9.17, 15) is 19.5 Å². The summed E-state index contributed by atoms with van der Waals surface area (Å²) in [6.45, 7) is 18.6. The highest BCUT2D eigenvalue weighted by atomic mass is 16.5. The number of ether oxygens (including phenoxy) is 2. The Morgan fingerprint density at radius 2 is 1.82 bits per heavy atom. The fourth-order valence-corrected chi connectivity index (χ4v) is 7.70. The molecule has 3 amide bonds. The van der Waals surface area contributed by atoms with E-state index in [1.807, 2.05) is 52.0 Å². The molecule has 1 aromatic rings. The molecule has 9 heteroatoms. The predicted octanol–water partition coefficient (Wildman–Crippen LogP) is 4.59. The van der Waals surface area contributed by atoms with Gasteiger partial charge in [-0.2, -0.15) is 0 Å². The van der Waals surface area contributed by atoms with Crippen LogP contribution in [-0.4, -0.2) is 88.8 Å². The molecule has 4 rings (SSSR count). The third-order valence-corrected chi connectivity index (χ3v) is 9.99. The van der Waals surface area contributed by atoms with E-state index in [0.29, 0.717) is 43.9 Å². The standard InChI is InChI=1S/C35H51N3O6/c1-8-13-24(7)36(20-9-2)34(42)31-35-19-18-28(44-35)29(30(35)33(41)38(31)27(22-39)23(6)11-4)32(40)37(21-10-3)25-14-16-26(17-15-25)43-12-5/h9-10,14-17,23-24,27-31,39H,2-3,8,11-13,18-22H2,1,4-7H3/t23-,24?,27-,28-,29+,30-,31?,35?/m0/s1. The first-order valence-electron chi connectivity index (χ1n) is 16.3. The van der Waals surface area contributed by atoms with Gasteiger partial charge in [-0.05, 0) is 63.3 Å². The van der Waals surface area contributed by atoms with E-state index < -0.39 is 35.6 Å². The predicted molar refractivity (Wildman–Crippen MR) is 171 cm³/mol. The molecule has 0 aliphatic carbocycles. The summed E-state index contributed by atoms with van der Waals surface area (Å²) in [5, 5.41) is 10.6. The van der Waals surface area contributed by atoms with Crippen LogP contribution in [0.2, 0.25) is 0 Å². The number of carbonyl (C=O) groups excluding carboxylic acids is 3. The van der Waals surface area contributed by atoms with Crippen molar-refractivity contribution in [2.24, 2.45) is 17.8 Å². The van der Waals surface area contributed by atoms with Crippen LogP contribution in [0.25, 0.3) is 0 Å². The van der Waals surface area contributed by atoms with Crippen molar-refractivity contribution in [3.8, 4) is 5.75 Å². The zero-order valence-corrected chi connectivity index (χ0v) is 27.1. The number of hydrogen-bond donors (Lipinski definition) is 1. The van der Waals surface area contributed by atoms with Crippen LogP contribution in [0.1, 0.15) is 66.7 Å². The largest absolute Gasteiger partial charge is 0.494 e. The zero-order chi connectivity index (χ0) is 32.2. The highest BCUT2D eigenvalue weighted by Gasteiger charge is 2.75. The Hall–Kier alpha value is -3.17. The van der Waals surface area contributed by atoms with Crippen LogP contribution >= 0.6 is 0 Å². The summed E-state index contributed by atoms with van der Waals surface area (Å²) in [5.74, 6) is -1.67. The Kier molecular flexibility index (Phi) is 10.9. The normalized spacial score (nSPS) is 27.4. The Bertz CT molecular complexity index is 1200. The van der Waals surface area contributed by atoms with Gasteiger partial charge in [0, 0.05) is 24.8 Å². The fourth-order valence-electron chi connectivity index (χ4n) is 7.70. The van der Waals surface area contributed by atoms with Gasteiger partial charge < -0.3 is 29.3 Å². The van der Waals surface area contributed by atoms with Crippen molar-refractivity contribution < 1.29 is 29.0 Å². The van der Waals surface area contributed by atoms with Crippen LogP contribution in [0.3, 0.4) is 0 Å². The molecule has 2 bridgehead atoms. The SMILES string of the molecule is C=CCN(C(=O)[C@@H]1[C@@H]2CCC3(O2)C(C(=O)N(CC=C)C(C)CCC)N([C@@H](CO)[C@@H](C)CC)C(=O)[C@H]13)c1ccc(OCC)cc1. The molecule has 44 heavy (non-hydrogen) atoms. The number of likely N-dealkylation sites (tertiary alicyclic amines) is 1. The van der Waals surface area contributed by atoms with Crippen molar-refractivity contribution in [3.05, 3.63) is 49.6 Å². The molecule has 3 aliphatic heterocycles. The maximum atomic E-state index is 14.7. The number of aliphatic hydroxyl groups is 1. The molecular formula is C35H51N3O6. The number of hydrogen-bond acceptors (Lipinski definition) is 6. The molecule has 3 aliphatic rings. The maximum Gasteiger partial charge on any atom is 0.248 e. The van der Waals surface area contributed by atoms with Gasteiger partial charge in [-0.3, -0.25) is 14.4 Å². The Morgan fingerprint density at radius 1 is 1.14 bits per heavy atom. The van der Waals surface area contributed by atoms with Gasteiger partial charge in [0.2, 0.25) is 17.7 Å². The lowest BCUT2D eigenvalue weighted by Gasteiger charge is -2.42. The highest BCUT2D eigenvalue weighted by Crippen LogP contribution is 2.59. The minimum atomic E-state index is -1.15. The van der Waals surface area contributed by atoms with Gasteiger partial charge in [0.25, 0.3) is 0 Å². The van der Waals surface area contributed by atoms with Crippen LogP contribution in [-0.2, 0) is 19.1 Å². The summed E-state index contributed by atoms with van der Waals surface area (Å²) in [6, 6.07) is 5.71. The fraction of sp³-hybridized carbons (Fsp3) is 0.629. The molecule has 1 spiro atoms.